The van der Waals surface area contributed by atoms with E-state index in [1.54, 1.807) is 0 Å². The SMILES string of the molecule is CC(NC(=O)COc1ccc(C(=O)O)cc1)c1ccccc1. The van der Waals surface area contributed by atoms with E-state index in [2.05, 4.69) is 5.32 Å². The molecule has 1 amide bonds. The van der Waals surface area contributed by atoms with Crippen molar-refractivity contribution >= 4 is 11.9 Å². The van der Waals surface area contributed by atoms with E-state index in [9.17, 15) is 9.59 Å². The maximum atomic E-state index is 11.8. The van der Waals surface area contributed by atoms with Gasteiger partial charge in [-0.1, -0.05) is 30.3 Å². The Labute approximate surface area is 128 Å². The van der Waals surface area contributed by atoms with Crippen LogP contribution in [0.1, 0.15) is 28.9 Å². The first kappa shape index (κ1) is 15.6. The largest absolute Gasteiger partial charge is 0.484 e. The number of carbonyl (C=O) groups is 2. The molecule has 5 nitrogen and oxygen atoms in total. The highest BCUT2D eigenvalue weighted by Crippen LogP contribution is 2.13. The summed E-state index contributed by atoms with van der Waals surface area (Å²) in [4.78, 5) is 22.6. The van der Waals surface area contributed by atoms with Gasteiger partial charge in [0.05, 0.1) is 11.6 Å². The lowest BCUT2D eigenvalue weighted by molar-refractivity contribution is -0.123. The van der Waals surface area contributed by atoms with E-state index < -0.39 is 5.97 Å². The van der Waals surface area contributed by atoms with Crippen LogP contribution in [0.5, 0.6) is 5.75 Å². The molecule has 0 saturated carbocycles. The van der Waals surface area contributed by atoms with Crippen molar-refractivity contribution in [2.75, 3.05) is 6.61 Å². The Balaban J connectivity index is 1.83. The molecule has 0 aliphatic carbocycles. The highest BCUT2D eigenvalue weighted by Gasteiger charge is 2.10. The van der Waals surface area contributed by atoms with Crippen molar-refractivity contribution in [3.05, 3.63) is 65.7 Å². The number of aromatic carboxylic acids is 1. The zero-order valence-electron chi connectivity index (χ0n) is 12.2. The monoisotopic (exact) mass is 299 g/mol. The topological polar surface area (TPSA) is 75.6 Å². The maximum absolute atomic E-state index is 11.8. The van der Waals surface area contributed by atoms with Gasteiger partial charge in [-0.05, 0) is 36.8 Å². The van der Waals surface area contributed by atoms with Gasteiger partial charge in [-0.15, -0.1) is 0 Å². The van der Waals surface area contributed by atoms with Crippen LogP contribution in [0.3, 0.4) is 0 Å². The Bertz CT molecular complexity index is 637. The maximum Gasteiger partial charge on any atom is 0.335 e. The average Bonchev–Trinajstić information content (AvgIpc) is 2.54. The van der Waals surface area contributed by atoms with Crippen LogP contribution < -0.4 is 10.1 Å². The fraction of sp³-hybridized carbons (Fsp3) is 0.176. The van der Waals surface area contributed by atoms with E-state index in [0.717, 1.165) is 5.56 Å². The van der Waals surface area contributed by atoms with Crippen LogP contribution in [0, 0.1) is 0 Å². The summed E-state index contributed by atoms with van der Waals surface area (Å²) in [6, 6.07) is 15.4. The minimum atomic E-state index is -0.999. The lowest BCUT2D eigenvalue weighted by atomic mass is 10.1. The van der Waals surface area contributed by atoms with E-state index in [-0.39, 0.29) is 24.1 Å². The summed E-state index contributed by atoms with van der Waals surface area (Å²) in [5.41, 5.74) is 1.19. The van der Waals surface area contributed by atoms with Crippen LogP contribution in [-0.2, 0) is 4.79 Å². The second-order valence-corrected chi connectivity index (χ2v) is 4.82. The highest BCUT2D eigenvalue weighted by atomic mass is 16.5. The summed E-state index contributed by atoms with van der Waals surface area (Å²) in [7, 11) is 0. The first-order chi connectivity index (χ1) is 10.6. The quantitative estimate of drug-likeness (QED) is 0.859. The molecule has 0 radical (unpaired) electrons. The summed E-state index contributed by atoms with van der Waals surface area (Å²) in [5.74, 6) is -0.785. The summed E-state index contributed by atoms with van der Waals surface area (Å²) >= 11 is 0. The number of carbonyl (C=O) groups excluding carboxylic acids is 1. The number of hydrogen-bond donors (Lipinski definition) is 2. The molecule has 0 aliphatic heterocycles. The third-order valence-electron chi connectivity index (χ3n) is 3.15. The second kappa shape index (κ2) is 7.26. The van der Waals surface area contributed by atoms with Crippen molar-refractivity contribution in [3.63, 3.8) is 0 Å². The van der Waals surface area contributed by atoms with Crippen molar-refractivity contribution in [3.8, 4) is 5.75 Å². The number of hydrogen-bond acceptors (Lipinski definition) is 3. The summed E-state index contributed by atoms with van der Waals surface area (Å²) in [5, 5.41) is 11.6. The molecule has 0 fully saturated rings. The van der Waals surface area contributed by atoms with E-state index in [4.69, 9.17) is 9.84 Å². The van der Waals surface area contributed by atoms with Crippen LogP contribution in [0.25, 0.3) is 0 Å². The van der Waals surface area contributed by atoms with Gasteiger partial charge in [0.2, 0.25) is 0 Å². The number of carboxylic acids is 1. The molecule has 0 aliphatic rings. The van der Waals surface area contributed by atoms with Crippen LogP contribution in [-0.4, -0.2) is 23.6 Å². The minimum Gasteiger partial charge on any atom is -0.484 e. The molecule has 0 spiro atoms. The van der Waals surface area contributed by atoms with Crippen molar-refractivity contribution in [2.45, 2.75) is 13.0 Å². The minimum absolute atomic E-state index is 0.105. The van der Waals surface area contributed by atoms with E-state index in [0.29, 0.717) is 5.75 Å². The molecule has 0 saturated heterocycles. The molecular formula is C17H17NO4. The van der Waals surface area contributed by atoms with Crippen molar-refractivity contribution in [2.24, 2.45) is 0 Å². The molecule has 2 aromatic carbocycles. The Kier molecular flexibility index (Phi) is 5.14. The first-order valence-corrected chi connectivity index (χ1v) is 6.86. The summed E-state index contributed by atoms with van der Waals surface area (Å²) in [6.07, 6.45) is 0. The van der Waals surface area contributed by atoms with Crippen molar-refractivity contribution in [1.82, 2.24) is 5.32 Å². The Morgan fingerprint density at radius 2 is 1.73 bits per heavy atom. The number of ether oxygens (including phenoxy) is 1. The third kappa shape index (κ3) is 4.34. The number of amides is 1. The summed E-state index contributed by atoms with van der Waals surface area (Å²) in [6.45, 7) is 1.78. The van der Waals surface area contributed by atoms with E-state index >= 15 is 0 Å². The molecule has 5 heteroatoms. The Hall–Kier alpha value is -2.82. The predicted octanol–water partition coefficient (Wildman–Crippen LogP) is 2.64. The lowest BCUT2D eigenvalue weighted by Crippen LogP contribution is -2.31. The van der Waals surface area contributed by atoms with E-state index in [1.165, 1.54) is 24.3 Å². The number of rotatable bonds is 6. The molecule has 1 unspecified atom stereocenters. The zero-order chi connectivity index (χ0) is 15.9. The van der Waals surface area contributed by atoms with Gasteiger partial charge in [-0.3, -0.25) is 4.79 Å². The lowest BCUT2D eigenvalue weighted by Gasteiger charge is -2.14. The Morgan fingerprint density at radius 1 is 1.09 bits per heavy atom. The van der Waals surface area contributed by atoms with E-state index in [1.807, 2.05) is 37.3 Å². The van der Waals surface area contributed by atoms with Crippen molar-refractivity contribution in [1.29, 1.82) is 0 Å². The van der Waals surface area contributed by atoms with Crippen molar-refractivity contribution < 1.29 is 19.4 Å². The molecule has 0 bridgehead atoms. The molecular weight excluding hydrogens is 282 g/mol. The fourth-order valence-electron chi connectivity index (χ4n) is 1.95. The molecule has 2 aromatic rings. The Morgan fingerprint density at radius 3 is 2.32 bits per heavy atom. The van der Waals surface area contributed by atoms with Gasteiger partial charge >= 0.3 is 5.97 Å². The van der Waals surface area contributed by atoms with Crippen LogP contribution in [0.4, 0.5) is 0 Å². The zero-order valence-corrected chi connectivity index (χ0v) is 12.2. The molecule has 0 heterocycles. The van der Waals surface area contributed by atoms with Gasteiger partial charge in [0.1, 0.15) is 5.75 Å². The van der Waals surface area contributed by atoms with Gasteiger partial charge in [-0.25, -0.2) is 4.79 Å². The number of nitrogens with one attached hydrogen (secondary N) is 1. The van der Waals surface area contributed by atoms with Crippen LogP contribution in [0.15, 0.2) is 54.6 Å². The van der Waals surface area contributed by atoms with Gasteiger partial charge in [0.15, 0.2) is 6.61 Å². The first-order valence-electron chi connectivity index (χ1n) is 6.86. The molecule has 2 N–H and O–H groups in total. The van der Waals surface area contributed by atoms with Gasteiger partial charge < -0.3 is 15.2 Å². The van der Waals surface area contributed by atoms with Gasteiger partial charge in [0.25, 0.3) is 5.91 Å². The molecule has 114 valence electrons. The van der Waals surface area contributed by atoms with Gasteiger partial charge in [-0.2, -0.15) is 0 Å². The predicted molar refractivity (Wildman–Crippen MR) is 81.9 cm³/mol. The smallest absolute Gasteiger partial charge is 0.335 e. The highest BCUT2D eigenvalue weighted by molar-refractivity contribution is 5.87. The normalized spacial score (nSPS) is 11.5. The standard InChI is InChI=1S/C17H17NO4/c1-12(13-5-3-2-4-6-13)18-16(19)11-22-15-9-7-14(8-10-15)17(20)21/h2-10,12H,11H2,1H3,(H,18,19)(H,20,21). The molecule has 1 atom stereocenters. The van der Waals surface area contributed by atoms with Crippen LogP contribution in [0.2, 0.25) is 0 Å². The fourth-order valence-corrected chi connectivity index (χ4v) is 1.95. The molecule has 22 heavy (non-hydrogen) atoms. The number of benzene rings is 2. The van der Waals surface area contributed by atoms with Crippen LogP contribution >= 0.6 is 0 Å². The third-order valence-corrected chi connectivity index (χ3v) is 3.15. The van der Waals surface area contributed by atoms with Gasteiger partial charge in [0, 0.05) is 0 Å². The molecule has 2 rings (SSSR count). The molecule has 0 aromatic heterocycles. The second-order valence-electron chi connectivity index (χ2n) is 4.82. The average molecular weight is 299 g/mol. The number of carboxylic acid groups (broad SMARTS) is 1. The summed E-state index contributed by atoms with van der Waals surface area (Å²) < 4.78 is 5.33.